The highest BCUT2D eigenvalue weighted by molar-refractivity contribution is 8.00. The van der Waals surface area contributed by atoms with Crippen LogP contribution in [0.3, 0.4) is 0 Å². The molecule has 19 heavy (non-hydrogen) atoms. The molecule has 0 aliphatic heterocycles. The predicted molar refractivity (Wildman–Crippen MR) is 74.5 cm³/mol. The van der Waals surface area contributed by atoms with Crippen molar-refractivity contribution in [3.63, 3.8) is 0 Å². The normalized spacial score (nSPS) is 12.4. The number of nitrogens with zero attached hydrogens (tertiary/aromatic N) is 2. The number of nitro benzene ring substituents is 2. The molecule has 0 aliphatic carbocycles. The number of thioether (sulfide) groups is 1. The molecule has 1 rings (SSSR count). The van der Waals surface area contributed by atoms with Gasteiger partial charge in [-0.2, -0.15) is 0 Å². The highest BCUT2D eigenvalue weighted by Gasteiger charge is 2.23. The van der Waals surface area contributed by atoms with E-state index >= 15 is 0 Å². The van der Waals surface area contributed by atoms with Crippen LogP contribution in [0.25, 0.3) is 0 Å². The molecular formula is C12H16N2O4S. The number of benzene rings is 1. The molecular weight excluding hydrogens is 268 g/mol. The maximum Gasteiger partial charge on any atom is 0.289 e. The Balaban J connectivity index is 3.13. The first-order valence-electron chi connectivity index (χ1n) is 5.96. The fourth-order valence-corrected chi connectivity index (χ4v) is 2.88. The Labute approximate surface area is 115 Å². The van der Waals surface area contributed by atoms with Crippen molar-refractivity contribution in [1.29, 1.82) is 0 Å². The zero-order chi connectivity index (χ0) is 14.6. The highest BCUT2D eigenvalue weighted by atomic mass is 32.2. The van der Waals surface area contributed by atoms with E-state index in [2.05, 4.69) is 13.8 Å². The van der Waals surface area contributed by atoms with Gasteiger partial charge in [0.15, 0.2) is 0 Å². The molecule has 7 heteroatoms. The van der Waals surface area contributed by atoms with Crippen LogP contribution in [-0.2, 0) is 0 Å². The molecule has 104 valence electrons. The smallest absolute Gasteiger partial charge is 0.258 e. The topological polar surface area (TPSA) is 86.3 Å². The molecule has 0 heterocycles. The van der Waals surface area contributed by atoms with Crippen LogP contribution in [0.15, 0.2) is 23.1 Å². The van der Waals surface area contributed by atoms with E-state index in [-0.39, 0.29) is 16.6 Å². The van der Waals surface area contributed by atoms with Crippen molar-refractivity contribution in [2.75, 3.05) is 0 Å². The number of hydrogen-bond donors (Lipinski definition) is 0. The number of non-ortho nitro benzene ring substituents is 1. The van der Waals surface area contributed by atoms with Gasteiger partial charge in [0.1, 0.15) is 0 Å². The van der Waals surface area contributed by atoms with Crippen LogP contribution in [0, 0.1) is 26.1 Å². The third kappa shape index (κ3) is 3.92. The maximum atomic E-state index is 11.0. The average molecular weight is 284 g/mol. The van der Waals surface area contributed by atoms with Crippen LogP contribution in [0.1, 0.15) is 27.2 Å². The Morgan fingerprint density at radius 2 is 1.84 bits per heavy atom. The van der Waals surface area contributed by atoms with Gasteiger partial charge in [0.25, 0.3) is 11.4 Å². The summed E-state index contributed by atoms with van der Waals surface area (Å²) in [6.45, 7) is 6.13. The van der Waals surface area contributed by atoms with E-state index in [0.717, 1.165) is 12.5 Å². The Morgan fingerprint density at radius 1 is 1.21 bits per heavy atom. The molecule has 0 fully saturated rings. The monoisotopic (exact) mass is 284 g/mol. The molecule has 0 amide bonds. The van der Waals surface area contributed by atoms with Gasteiger partial charge in [0.05, 0.1) is 20.8 Å². The van der Waals surface area contributed by atoms with E-state index in [9.17, 15) is 20.2 Å². The van der Waals surface area contributed by atoms with Crippen LogP contribution in [0.2, 0.25) is 0 Å². The zero-order valence-electron chi connectivity index (χ0n) is 11.0. The van der Waals surface area contributed by atoms with Crippen molar-refractivity contribution in [3.8, 4) is 0 Å². The second kappa shape index (κ2) is 6.51. The lowest BCUT2D eigenvalue weighted by Gasteiger charge is -2.18. The van der Waals surface area contributed by atoms with E-state index in [1.54, 1.807) is 0 Å². The van der Waals surface area contributed by atoms with Gasteiger partial charge in [-0.25, -0.2) is 0 Å². The van der Waals surface area contributed by atoms with Gasteiger partial charge >= 0.3 is 0 Å². The Kier molecular flexibility index (Phi) is 5.29. The SMILES string of the molecule is CCC(Sc1ccc([N+](=O)[O-])cc1[N+](=O)[O-])C(C)C. The van der Waals surface area contributed by atoms with Crippen LogP contribution in [0.4, 0.5) is 11.4 Å². The number of rotatable bonds is 6. The average Bonchev–Trinajstić information content (AvgIpc) is 2.35. The molecule has 0 bridgehead atoms. The minimum Gasteiger partial charge on any atom is -0.258 e. The Hall–Kier alpha value is -1.63. The van der Waals surface area contributed by atoms with Gasteiger partial charge in [-0.05, 0) is 18.4 Å². The van der Waals surface area contributed by atoms with Gasteiger partial charge < -0.3 is 0 Å². The van der Waals surface area contributed by atoms with Crippen molar-refractivity contribution >= 4 is 23.1 Å². The standard InChI is InChI=1S/C12H16N2O4S/c1-4-11(8(2)3)19-12-6-5-9(13(15)16)7-10(12)14(17)18/h5-8,11H,4H2,1-3H3. The molecule has 6 nitrogen and oxygen atoms in total. The van der Waals surface area contributed by atoms with E-state index in [1.807, 2.05) is 6.92 Å². The first kappa shape index (κ1) is 15.4. The predicted octanol–water partition coefficient (Wildman–Crippen LogP) is 4.03. The highest BCUT2D eigenvalue weighted by Crippen LogP contribution is 2.37. The third-order valence-electron chi connectivity index (χ3n) is 2.77. The molecule has 1 atom stereocenters. The second-order valence-electron chi connectivity index (χ2n) is 4.47. The quantitative estimate of drug-likeness (QED) is 0.447. The van der Waals surface area contributed by atoms with Gasteiger partial charge in [-0.15, -0.1) is 11.8 Å². The minimum atomic E-state index is -0.624. The fraction of sp³-hybridized carbons (Fsp3) is 0.500. The van der Waals surface area contributed by atoms with Crippen LogP contribution in [-0.4, -0.2) is 15.1 Å². The molecule has 1 aromatic rings. The first-order chi connectivity index (χ1) is 8.86. The third-order valence-corrected chi connectivity index (χ3v) is 4.55. The summed E-state index contributed by atoms with van der Waals surface area (Å²) in [6.07, 6.45) is 0.885. The van der Waals surface area contributed by atoms with Crippen LogP contribution < -0.4 is 0 Å². The summed E-state index contributed by atoms with van der Waals surface area (Å²) < 4.78 is 0. The van der Waals surface area contributed by atoms with Crippen molar-refractivity contribution in [2.45, 2.75) is 37.3 Å². The van der Waals surface area contributed by atoms with Gasteiger partial charge in [0.2, 0.25) is 0 Å². The summed E-state index contributed by atoms with van der Waals surface area (Å²) in [4.78, 5) is 20.9. The molecule has 0 spiro atoms. The van der Waals surface area contributed by atoms with Crippen LogP contribution >= 0.6 is 11.8 Å². The molecule has 1 unspecified atom stereocenters. The van der Waals surface area contributed by atoms with Gasteiger partial charge in [-0.3, -0.25) is 20.2 Å². The summed E-state index contributed by atoms with van der Waals surface area (Å²) >= 11 is 1.41. The van der Waals surface area contributed by atoms with E-state index in [0.29, 0.717) is 10.8 Å². The van der Waals surface area contributed by atoms with Crippen LogP contribution in [0.5, 0.6) is 0 Å². The van der Waals surface area contributed by atoms with Crippen molar-refractivity contribution in [3.05, 3.63) is 38.4 Å². The summed E-state index contributed by atoms with van der Waals surface area (Å²) in [5.74, 6) is 0.379. The molecule has 1 aromatic carbocycles. The summed E-state index contributed by atoms with van der Waals surface area (Å²) in [6, 6.07) is 3.80. The Morgan fingerprint density at radius 3 is 2.26 bits per heavy atom. The number of hydrogen-bond acceptors (Lipinski definition) is 5. The van der Waals surface area contributed by atoms with E-state index < -0.39 is 9.85 Å². The fourth-order valence-electron chi connectivity index (χ4n) is 1.72. The second-order valence-corrected chi connectivity index (χ2v) is 5.76. The lowest BCUT2D eigenvalue weighted by molar-refractivity contribution is -0.396. The summed E-state index contributed by atoms with van der Waals surface area (Å²) in [5, 5.41) is 21.9. The molecule has 0 saturated carbocycles. The van der Waals surface area contributed by atoms with E-state index in [1.165, 1.54) is 23.9 Å². The van der Waals surface area contributed by atoms with E-state index in [4.69, 9.17) is 0 Å². The molecule has 0 N–H and O–H groups in total. The first-order valence-corrected chi connectivity index (χ1v) is 6.84. The van der Waals surface area contributed by atoms with Crippen molar-refractivity contribution < 1.29 is 9.85 Å². The molecule has 0 aromatic heterocycles. The number of nitro groups is 2. The lowest BCUT2D eigenvalue weighted by atomic mass is 10.1. The Bertz CT molecular complexity index is 491. The zero-order valence-corrected chi connectivity index (χ0v) is 11.8. The minimum absolute atomic E-state index is 0.196. The lowest BCUT2D eigenvalue weighted by Crippen LogP contribution is -2.09. The van der Waals surface area contributed by atoms with Gasteiger partial charge in [0, 0.05) is 11.3 Å². The maximum absolute atomic E-state index is 11.0. The molecule has 0 saturated heterocycles. The van der Waals surface area contributed by atoms with Crippen molar-refractivity contribution in [1.82, 2.24) is 0 Å². The summed E-state index contributed by atoms with van der Waals surface area (Å²) in [5.41, 5.74) is -0.452. The molecule has 0 radical (unpaired) electrons. The van der Waals surface area contributed by atoms with Gasteiger partial charge in [-0.1, -0.05) is 20.8 Å². The molecule has 0 aliphatic rings. The summed E-state index contributed by atoms with van der Waals surface area (Å²) in [7, 11) is 0. The largest absolute Gasteiger partial charge is 0.289 e. The van der Waals surface area contributed by atoms with Crippen molar-refractivity contribution in [2.24, 2.45) is 5.92 Å².